The van der Waals surface area contributed by atoms with E-state index in [1.807, 2.05) is 0 Å². The normalized spacial score (nSPS) is 11.3. The van der Waals surface area contributed by atoms with Crippen LogP contribution in [0.25, 0.3) is 0 Å². The summed E-state index contributed by atoms with van der Waals surface area (Å²) in [5.41, 5.74) is 1.08. The summed E-state index contributed by atoms with van der Waals surface area (Å²) < 4.78 is 37.4. The van der Waals surface area contributed by atoms with Gasteiger partial charge in [0.25, 0.3) is 0 Å². The van der Waals surface area contributed by atoms with Crippen molar-refractivity contribution in [1.29, 1.82) is 0 Å². The fourth-order valence-electron chi connectivity index (χ4n) is 1.33. The lowest BCUT2D eigenvalue weighted by molar-refractivity contribution is -0.111. The van der Waals surface area contributed by atoms with E-state index in [0.717, 1.165) is 6.08 Å². The van der Waals surface area contributed by atoms with Crippen LogP contribution in [0.4, 0.5) is 11.4 Å². The zero-order valence-corrected chi connectivity index (χ0v) is 11.6. The highest BCUT2D eigenvalue weighted by molar-refractivity contribution is 7.84. The number of ether oxygens (including phenoxy) is 1. The smallest absolute Gasteiger partial charge is 0.396 e. The van der Waals surface area contributed by atoms with Crippen LogP contribution in [-0.2, 0) is 15.1 Å². The second kappa shape index (κ2) is 6.26. The summed E-state index contributed by atoms with van der Waals surface area (Å²) in [6, 6.07) is 2.90. The fraction of sp³-hybridized carbons (Fsp3) is 0.182. The van der Waals surface area contributed by atoms with Crippen molar-refractivity contribution >= 4 is 27.6 Å². The van der Waals surface area contributed by atoms with Gasteiger partial charge >= 0.3 is 10.3 Å². The number of aryl methyl sites for hydroxylation is 1. The Morgan fingerprint density at radius 2 is 2.15 bits per heavy atom. The molecule has 0 atom stereocenters. The molecule has 8 nitrogen and oxygen atoms in total. The number of nitrogens with zero attached hydrogens (tertiary/aromatic N) is 2. The van der Waals surface area contributed by atoms with Crippen molar-refractivity contribution in [3.8, 4) is 5.75 Å². The van der Waals surface area contributed by atoms with Crippen LogP contribution in [0.15, 0.2) is 34.4 Å². The van der Waals surface area contributed by atoms with Gasteiger partial charge in [-0.15, -0.1) is 5.11 Å². The SMILES string of the molecule is C=CC(=O)Nc1cc(C)c(/N=N/S(=O)(=O)O)cc1OC. The molecule has 0 saturated carbocycles. The van der Waals surface area contributed by atoms with Crippen LogP contribution in [0.1, 0.15) is 5.56 Å². The number of nitrogens with one attached hydrogen (secondary N) is 1. The van der Waals surface area contributed by atoms with Gasteiger partial charge in [0, 0.05) is 6.07 Å². The second-order valence-electron chi connectivity index (χ2n) is 3.66. The molecule has 1 amide bonds. The highest BCUT2D eigenvalue weighted by atomic mass is 32.2. The van der Waals surface area contributed by atoms with Gasteiger partial charge in [-0.1, -0.05) is 6.58 Å². The van der Waals surface area contributed by atoms with Crippen LogP contribution in [0, 0.1) is 6.92 Å². The van der Waals surface area contributed by atoms with Gasteiger partial charge in [0.15, 0.2) is 0 Å². The molecule has 0 radical (unpaired) electrons. The molecule has 20 heavy (non-hydrogen) atoms. The molecule has 2 N–H and O–H groups in total. The van der Waals surface area contributed by atoms with E-state index in [4.69, 9.17) is 9.29 Å². The topological polar surface area (TPSA) is 117 Å². The number of hydrogen-bond donors (Lipinski definition) is 2. The quantitative estimate of drug-likeness (QED) is 0.490. The van der Waals surface area contributed by atoms with Crippen molar-refractivity contribution in [2.75, 3.05) is 12.4 Å². The number of methoxy groups -OCH3 is 1. The van der Waals surface area contributed by atoms with Gasteiger partial charge in [0.2, 0.25) is 5.91 Å². The Hall–Kier alpha value is -2.26. The molecule has 0 saturated heterocycles. The predicted molar refractivity (Wildman–Crippen MR) is 72.6 cm³/mol. The Bertz CT molecular complexity index is 667. The molecule has 0 unspecified atom stereocenters. The molecule has 0 aliphatic heterocycles. The standard InChI is InChI=1S/C11H13N3O5S/c1-4-11(15)12-9-5-7(2)8(6-10(9)19-3)13-14-20(16,17)18/h4-6H,1H2,2-3H3,(H,12,15)(H,16,17,18)/b14-13+. The molecular formula is C11H13N3O5S. The third-order valence-electron chi connectivity index (χ3n) is 2.21. The first kappa shape index (κ1) is 15.8. The van der Waals surface area contributed by atoms with Gasteiger partial charge in [-0.2, -0.15) is 8.42 Å². The highest BCUT2D eigenvalue weighted by Gasteiger charge is 2.10. The van der Waals surface area contributed by atoms with Crippen LogP contribution < -0.4 is 10.1 Å². The van der Waals surface area contributed by atoms with Crippen LogP contribution in [0.2, 0.25) is 0 Å². The van der Waals surface area contributed by atoms with Gasteiger partial charge < -0.3 is 10.1 Å². The van der Waals surface area contributed by atoms with Gasteiger partial charge in [-0.05, 0) is 29.1 Å². The number of carbonyl (C=O) groups excluding carboxylic acids is 1. The van der Waals surface area contributed by atoms with Crippen molar-refractivity contribution in [3.05, 3.63) is 30.4 Å². The Morgan fingerprint density at radius 1 is 1.50 bits per heavy atom. The Morgan fingerprint density at radius 3 is 2.65 bits per heavy atom. The lowest BCUT2D eigenvalue weighted by Gasteiger charge is -2.11. The van der Waals surface area contributed by atoms with Crippen LogP contribution in [0.3, 0.4) is 0 Å². The minimum atomic E-state index is -4.56. The Kier molecular flexibility index (Phi) is 4.94. The molecular weight excluding hydrogens is 286 g/mol. The van der Waals surface area contributed by atoms with Crippen LogP contribution in [0.5, 0.6) is 5.75 Å². The van der Waals surface area contributed by atoms with E-state index in [9.17, 15) is 13.2 Å². The van der Waals surface area contributed by atoms with Crippen molar-refractivity contribution in [2.24, 2.45) is 9.63 Å². The molecule has 1 aromatic rings. The average molecular weight is 299 g/mol. The Labute approximate surface area is 116 Å². The number of amides is 1. The number of carbonyl (C=O) groups is 1. The molecule has 0 fully saturated rings. The first-order chi connectivity index (χ1) is 9.26. The molecule has 108 valence electrons. The first-order valence-electron chi connectivity index (χ1n) is 5.29. The molecule has 9 heteroatoms. The summed E-state index contributed by atoms with van der Waals surface area (Å²) in [5, 5.41) is 5.93. The van der Waals surface area contributed by atoms with E-state index >= 15 is 0 Å². The average Bonchev–Trinajstić information content (AvgIpc) is 2.36. The zero-order valence-electron chi connectivity index (χ0n) is 10.8. The first-order valence-corrected chi connectivity index (χ1v) is 6.69. The van der Waals surface area contributed by atoms with E-state index in [2.05, 4.69) is 21.5 Å². The van der Waals surface area contributed by atoms with E-state index in [0.29, 0.717) is 11.3 Å². The monoisotopic (exact) mass is 299 g/mol. The second-order valence-corrected chi connectivity index (χ2v) is 4.72. The lowest BCUT2D eigenvalue weighted by atomic mass is 10.1. The number of rotatable bonds is 5. The molecule has 1 aromatic carbocycles. The summed E-state index contributed by atoms with van der Waals surface area (Å²) in [7, 11) is -3.18. The molecule has 0 spiro atoms. The van der Waals surface area contributed by atoms with Gasteiger partial charge in [0.05, 0.1) is 18.5 Å². The molecule has 0 bridgehead atoms. The fourth-order valence-corrected chi connectivity index (χ4v) is 1.52. The molecule has 0 heterocycles. The lowest BCUT2D eigenvalue weighted by Crippen LogP contribution is -2.08. The molecule has 1 rings (SSSR count). The van der Waals surface area contributed by atoms with Gasteiger partial charge in [0.1, 0.15) is 5.75 Å². The number of benzene rings is 1. The third kappa shape index (κ3) is 4.44. The van der Waals surface area contributed by atoms with Crippen LogP contribution in [-0.4, -0.2) is 26.0 Å². The zero-order chi connectivity index (χ0) is 15.3. The Balaban J connectivity index is 3.22. The van der Waals surface area contributed by atoms with E-state index in [1.165, 1.54) is 19.2 Å². The highest BCUT2D eigenvalue weighted by Crippen LogP contribution is 2.33. The summed E-state index contributed by atoms with van der Waals surface area (Å²) in [6.45, 7) is 4.95. The largest absolute Gasteiger partial charge is 0.494 e. The number of anilines is 1. The number of hydrogen-bond acceptors (Lipinski definition) is 5. The van der Waals surface area contributed by atoms with Crippen molar-refractivity contribution in [1.82, 2.24) is 0 Å². The maximum absolute atomic E-state index is 11.3. The summed E-state index contributed by atoms with van der Waals surface area (Å²) in [6.07, 6.45) is 1.10. The van der Waals surface area contributed by atoms with E-state index in [1.54, 1.807) is 6.92 Å². The minimum Gasteiger partial charge on any atom is -0.494 e. The maximum Gasteiger partial charge on any atom is 0.396 e. The minimum absolute atomic E-state index is 0.177. The van der Waals surface area contributed by atoms with E-state index < -0.39 is 16.2 Å². The van der Waals surface area contributed by atoms with Crippen molar-refractivity contribution in [2.45, 2.75) is 6.92 Å². The maximum atomic E-state index is 11.3. The van der Waals surface area contributed by atoms with Crippen molar-refractivity contribution in [3.63, 3.8) is 0 Å². The molecule has 0 aliphatic rings. The van der Waals surface area contributed by atoms with Gasteiger partial charge in [-0.25, -0.2) is 0 Å². The summed E-state index contributed by atoms with van der Waals surface area (Å²) >= 11 is 0. The summed E-state index contributed by atoms with van der Waals surface area (Å²) in [5.74, 6) is -0.162. The predicted octanol–water partition coefficient (Wildman–Crippen LogP) is 2.01. The van der Waals surface area contributed by atoms with Crippen LogP contribution >= 0.6 is 0 Å². The van der Waals surface area contributed by atoms with Crippen molar-refractivity contribution < 1.29 is 22.5 Å². The van der Waals surface area contributed by atoms with E-state index in [-0.39, 0.29) is 11.4 Å². The third-order valence-corrected chi connectivity index (χ3v) is 2.50. The van der Waals surface area contributed by atoms with Gasteiger partial charge in [-0.3, -0.25) is 9.35 Å². The molecule has 0 aromatic heterocycles. The summed E-state index contributed by atoms with van der Waals surface area (Å²) in [4.78, 5) is 11.3. The molecule has 0 aliphatic carbocycles.